The van der Waals surface area contributed by atoms with E-state index in [1.807, 2.05) is 0 Å². The molecular formula is C13H18O. The van der Waals surface area contributed by atoms with Gasteiger partial charge in [-0.25, -0.2) is 0 Å². The molecule has 14 heavy (non-hydrogen) atoms. The first-order valence-corrected chi connectivity index (χ1v) is 5.25. The van der Waals surface area contributed by atoms with Crippen LogP contribution in [-0.4, -0.2) is 11.7 Å². The van der Waals surface area contributed by atoms with E-state index in [4.69, 9.17) is 0 Å². The highest BCUT2D eigenvalue weighted by molar-refractivity contribution is 5.34. The Morgan fingerprint density at radius 1 is 1.36 bits per heavy atom. The normalized spacial score (nSPS) is 28.9. The van der Waals surface area contributed by atoms with Crippen LogP contribution in [0, 0.1) is 18.3 Å². The molecule has 2 atom stereocenters. The van der Waals surface area contributed by atoms with Crippen LogP contribution >= 0.6 is 0 Å². The second kappa shape index (κ2) is 3.09. The van der Waals surface area contributed by atoms with E-state index in [0.717, 1.165) is 0 Å². The molecule has 0 amide bonds. The SMILES string of the molecule is Cc1cccc(C2C(CO)C2(C)C)c1. The lowest BCUT2D eigenvalue weighted by Crippen LogP contribution is -1.93. The molecule has 76 valence electrons. The van der Waals surface area contributed by atoms with Gasteiger partial charge >= 0.3 is 0 Å². The molecule has 1 fully saturated rings. The number of benzene rings is 1. The van der Waals surface area contributed by atoms with E-state index >= 15 is 0 Å². The second-order valence-corrected chi connectivity index (χ2v) is 5.00. The van der Waals surface area contributed by atoms with Gasteiger partial charge in [0, 0.05) is 6.61 Å². The van der Waals surface area contributed by atoms with Crippen LogP contribution in [0.15, 0.2) is 24.3 Å². The van der Waals surface area contributed by atoms with Crippen molar-refractivity contribution in [3.63, 3.8) is 0 Å². The van der Waals surface area contributed by atoms with Crippen LogP contribution < -0.4 is 0 Å². The molecule has 1 aromatic rings. The average Bonchev–Trinajstić information content (AvgIpc) is 2.68. The molecule has 1 nitrogen and oxygen atoms in total. The van der Waals surface area contributed by atoms with Gasteiger partial charge in [-0.05, 0) is 29.7 Å². The Labute approximate surface area is 85.8 Å². The molecule has 0 saturated heterocycles. The fourth-order valence-corrected chi connectivity index (χ4v) is 2.61. The summed E-state index contributed by atoms with van der Waals surface area (Å²) < 4.78 is 0. The summed E-state index contributed by atoms with van der Waals surface area (Å²) in [6.07, 6.45) is 0. The van der Waals surface area contributed by atoms with Crippen molar-refractivity contribution in [1.82, 2.24) is 0 Å². The van der Waals surface area contributed by atoms with Crippen LogP contribution in [0.2, 0.25) is 0 Å². The average molecular weight is 190 g/mol. The maximum Gasteiger partial charge on any atom is 0.0470 e. The molecule has 2 unspecified atom stereocenters. The lowest BCUT2D eigenvalue weighted by Gasteiger charge is -2.03. The fraction of sp³-hybridized carbons (Fsp3) is 0.538. The summed E-state index contributed by atoms with van der Waals surface area (Å²) >= 11 is 0. The Bertz CT molecular complexity index is 341. The van der Waals surface area contributed by atoms with Gasteiger partial charge < -0.3 is 5.11 Å². The van der Waals surface area contributed by atoms with Crippen molar-refractivity contribution in [3.8, 4) is 0 Å². The van der Waals surface area contributed by atoms with E-state index in [9.17, 15) is 5.11 Å². The largest absolute Gasteiger partial charge is 0.396 e. The topological polar surface area (TPSA) is 20.2 Å². The molecule has 2 rings (SSSR count). The minimum atomic E-state index is 0.280. The van der Waals surface area contributed by atoms with E-state index in [0.29, 0.717) is 18.4 Å². The molecule has 0 aromatic heterocycles. The molecule has 1 aliphatic rings. The smallest absolute Gasteiger partial charge is 0.0470 e. The van der Waals surface area contributed by atoms with Crippen LogP contribution in [0.3, 0.4) is 0 Å². The molecule has 1 aromatic carbocycles. The summed E-state index contributed by atoms with van der Waals surface area (Å²) in [6.45, 7) is 6.90. The molecule has 0 heterocycles. The third kappa shape index (κ3) is 1.36. The van der Waals surface area contributed by atoms with Crippen molar-refractivity contribution in [2.24, 2.45) is 11.3 Å². The van der Waals surface area contributed by atoms with Crippen LogP contribution in [0.1, 0.15) is 30.9 Å². The highest BCUT2D eigenvalue weighted by Gasteiger charge is 2.57. The molecule has 1 heteroatoms. The summed E-state index contributed by atoms with van der Waals surface area (Å²) in [5.41, 5.74) is 2.97. The lowest BCUT2D eigenvalue weighted by molar-refractivity contribution is 0.257. The van der Waals surface area contributed by atoms with Crippen molar-refractivity contribution in [3.05, 3.63) is 35.4 Å². The van der Waals surface area contributed by atoms with Gasteiger partial charge in [-0.3, -0.25) is 0 Å². The first-order chi connectivity index (χ1) is 6.57. The molecular weight excluding hydrogens is 172 g/mol. The molecule has 1 saturated carbocycles. The highest BCUT2D eigenvalue weighted by Crippen LogP contribution is 2.63. The Balaban J connectivity index is 2.26. The van der Waals surface area contributed by atoms with Crippen LogP contribution in [0.25, 0.3) is 0 Å². The van der Waals surface area contributed by atoms with Crippen molar-refractivity contribution in [2.75, 3.05) is 6.61 Å². The predicted molar refractivity (Wildman–Crippen MR) is 58.3 cm³/mol. The van der Waals surface area contributed by atoms with Crippen LogP contribution in [0.4, 0.5) is 0 Å². The van der Waals surface area contributed by atoms with Gasteiger partial charge in [0.25, 0.3) is 0 Å². The number of aryl methyl sites for hydroxylation is 1. The van der Waals surface area contributed by atoms with Crippen molar-refractivity contribution in [2.45, 2.75) is 26.7 Å². The number of rotatable bonds is 2. The Morgan fingerprint density at radius 2 is 2.07 bits per heavy atom. The van der Waals surface area contributed by atoms with Crippen molar-refractivity contribution >= 4 is 0 Å². The van der Waals surface area contributed by atoms with Crippen LogP contribution in [0.5, 0.6) is 0 Å². The summed E-state index contributed by atoms with van der Waals surface area (Å²) in [5, 5.41) is 9.24. The fourth-order valence-electron chi connectivity index (χ4n) is 2.61. The maximum absolute atomic E-state index is 9.24. The maximum atomic E-state index is 9.24. The van der Waals surface area contributed by atoms with Crippen LogP contribution in [-0.2, 0) is 0 Å². The van der Waals surface area contributed by atoms with Gasteiger partial charge in [-0.15, -0.1) is 0 Å². The number of hydrogen-bond acceptors (Lipinski definition) is 1. The zero-order valence-corrected chi connectivity index (χ0v) is 9.12. The highest BCUT2D eigenvalue weighted by atomic mass is 16.3. The minimum absolute atomic E-state index is 0.280. The lowest BCUT2D eigenvalue weighted by atomic mass is 10.0. The number of aliphatic hydroxyl groups excluding tert-OH is 1. The van der Waals surface area contributed by atoms with Gasteiger partial charge in [0.2, 0.25) is 0 Å². The van der Waals surface area contributed by atoms with E-state index in [-0.39, 0.29) is 5.41 Å². The van der Waals surface area contributed by atoms with Gasteiger partial charge in [0.15, 0.2) is 0 Å². The van der Waals surface area contributed by atoms with E-state index in [1.165, 1.54) is 11.1 Å². The summed E-state index contributed by atoms with van der Waals surface area (Å²) in [4.78, 5) is 0. The summed E-state index contributed by atoms with van der Waals surface area (Å²) in [7, 11) is 0. The quantitative estimate of drug-likeness (QED) is 0.760. The Kier molecular flexibility index (Phi) is 2.15. The first kappa shape index (κ1) is 9.72. The molecule has 0 spiro atoms. The predicted octanol–water partition coefficient (Wildman–Crippen LogP) is 2.73. The number of hydrogen-bond donors (Lipinski definition) is 1. The zero-order chi connectivity index (χ0) is 10.3. The van der Waals surface area contributed by atoms with Crippen molar-refractivity contribution < 1.29 is 5.11 Å². The molecule has 0 bridgehead atoms. The molecule has 1 aliphatic carbocycles. The zero-order valence-electron chi connectivity index (χ0n) is 9.12. The summed E-state index contributed by atoms with van der Waals surface area (Å²) in [5.74, 6) is 0.997. The van der Waals surface area contributed by atoms with E-state index in [1.54, 1.807) is 0 Å². The minimum Gasteiger partial charge on any atom is -0.396 e. The van der Waals surface area contributed by atoms with E-state index in [2.05, 4.69) is 45.0 Å². The van der Waals surface area contributed by atoms with E-state index < -0.39 is 0 Å². The third-order valence-corrected chi connectivity index (χ3v) is 3.65. The van der Waals surface area contributed by atoms with Gasteiger partial charge in [0.1, 0.15) is 0 Å². The van der Waals surface area contributed by atoms with Gasteiger partial charge in [-0.1, -0.05) is 43.7 Å². The monoisotopic (exact) mass is 190 g/mol. The standard InChI is InChI=1S/C13H18O/c1-9-5-4-6-10(7-9)12-11(8-14)13(12,2)3/h4-7,11-12,14H,8H2,1-3H3. The Hall–Kier alpha value is -0.820. The van der Waals surface area contributed by atoms with Crippen molar-refractivity contribution in [1.29, 1.82) is 0 Å². The molecule has 0 radical (unpaired) electrons. The second-order valence-electron chi connectivity index (χ2n) is 5.00. The number of aliphatic hydroxyl groups is 1. The third-order valence-electron chi connectivity index (χ3n) is 3.65. The van der Waals surface area contributed by atoms with Gasteiger partial charge in [0.05, 0.1) is 0 Å². The molecule has 0 aliphatic heterocycles. The molecule has 1 N–H and O–H groups in total. The summed E-state index contributed by atoms with van der Waals surface area (Å²) in [6, 6.07) is 8.64. The first-order valence-electron chi connectivity index (χ1n) is 5.25. The Morgan fingerprint density at radius 3 is 2.57 bits per heavy atom. The van der Waals surface area contributed by atoms with Gasteiger partial charge in [-0.2, -0.15) is 0 Å².